The summed E-state index contributed by atoms with van der Waals surface area (Å²) in [6, 6.07) is -3.02. The van der Waals surface area contributed by atoms with Crippen molar-refractivity contribution < 1.29 is 108 Å². The molecular formula is C16H28N2O22P2. The summed E-state index contributed by atoms with van der Waals surface area (Å²) >= 11 is 0. The van der Waals surface area contributed by atoms with Gasteiger partial charge in [-0.2, -0.15) is 0 Å². The maximum absolute atomic E-state index is 10.2. The van der Waals surface area contributed by atoms with Gasteiger partial charge < -0.3 is 71.9 Å². The molecule has 0 aliphatic heterocycles. The zero-order valence-corrected chi connectivity index (χ0v) is 22.4. The van der Waals surface area contributed by atoms with Crippen molar-refractivity contribution >= 4 is 62.6 Å². The molecule has 0 aliphatic carbocycles. The Morgan fingerprint density at radius 1 is 0.595 bits per heavy atom. The fourth-order valence-electron chi connectivity index (χ4n) is 1.33. The Balaban J connectivity index is -0.000000229. The highest BCUT2D eigenvalue weighted by molar-refractivity contribution is 7.53. The second kappa shape index (κ2) is 21.1. The average molecular weight is 662 g/mol. The maximum atomic E-state index is 10.2. The third kappa shape index (κ3) is 25.3. The third-order valence-electron chi connectivity index (χ3n) is 3.51. The SMILES string of the molecule is N[C@@H](CCC(=O)O)C(=O)O.N[C@H](C(=O)O)C(O)P(=O)(O)O.O=C(O)C(=O)C(O)P(=O)(O)O.O=C(O)CCC(=O)C(=O)O. The number of nitrogens with two attached hydrogens (primary N) is 2. The lowest BCUT2D eigenvalue weighted by molar-refractivity contribution is -0.151. The smallest absolute Gasteiger partial charge is 0.375 e. The second-order valence-corrected chi connectivity index (χ2v) is 10.4. The van der Waals surface area contributed by atoms with Crippen molar-refractivity contribution in [2.75, 3.05) is 0 Å². The van der Waals surface area contributed by atoms with E-state index in [-0.39, 0.29) is 12.8 Å². The van der Waals surface area contributed by atoms with Crippen molar-refractivity contribution in [1.82, 2.24) is 0 Å². The number of Topliss-reactive ketones (excluding diaryl/α,β-unsaturated/α-hetero) is 2. The highest BCUT2D eigenvalue weighted by Crippen LogP contribution is 2.40. The summed E-state index contributed by atoms with van der Waals surface area (Å²) in [5, 5.41) is 65.1. The van der Waals surface area contributed by atoms with E-state index in [1.807, 2.05) is 0 Å². The van der Waals surface area contributed by atoms with E-state index in [2.05, 4.69) is 0 Å². The lowest BCUT2D eigenvalue weighted by Crippen LogP contribution is -2.41. The number of aliphatic hydroxyl groups excluding tert-OH is 2. The van der Waals surface area contributed by atoms with Gasteiger partial charge in [0.05, 0.1) is 6.42 Å². The molecule has 24 nitrogen and oxygen atoms in total. The molecule has 0 bridgehead atoms. The van der Waals surface area contributed by atoms with Gasteiger partial charge in [-0.05, 0) is 6.42 Å². The molecular weight excluding hydrogens is 634 g/mol. The standard InChI is InChI=1S/C5H9NO4.C5H6O5.C3H8NO6P.C3H5O7P/c2*6-3(5(9)10)1-2-4(7)8;2*4-1(2(5)6)3(7)11(8,9)10/h3H,1-2,6H2,(H,7,8)(H,9,10);1-2H2,(H,7,8)(H,9,10);1,3,7H,4H2,(H,5,6)(H2,8,9,10);3,7H,(H,5,6)(H2,8,9,10)/t3-;;1-,3?;/m0.1./s1. The number of carboxylic acids is 6. The van der Waals surface area contributed by atoms with Gasteiger partial charge in [0.15, 0.2) is 5.85 Å². The summed E-state index contributed by atoms with van der Waals surface area (Å²) in [4.78, 5) is 112. The predicted molar refractivity (Wildman–Crippen MR) is 126 cm³/mol. The van der Waals surface area contributed by atoms with Gasteiger partial charge >= 0.3 is 51.0 Å². The molecule has 0 saturated heterocycles. The molecule has 0 aromatic heterocycles. The first kappa shape index (κ1) is 45.3. The van der Waals surface area contributed by atoms with Crippen LogP contribution in [0.25, 0.3) is 0 Å². The minimum Gasteiger partial charge on any atom is -0.481 e. The number of ketones is 2. The van der Waals surface area contributed by atoms with Crippen molar-refractivity contribution in [2.24, 2.45) is 11.5 Å². The zero-order valence-electron chi connectivity index (χ0n) is 20.6. The minimum atomic E-state index is -5.04. The molecule has 0 aliphatic rings. The Morgan fingerprint density at radius 2 is 1.00 bits per heavy atom. The maximum Gasteiger partial charge on any atom is 0.375 e. The van der Waals surface area contributed by atoms with E-state index in [1.165, 1.54) is 0 Å². The monoisotopic (exact) mass is 662 g/mol. The molecule has 0 fully saturated rings. The van der Waals surface area contributed by atoms with Crippen LogP contribution in [0.3, 0.4) is 0 Å². The topological polar surface area (TPSA) is 466 Å². The molecule has 16 N–H and O–H groups in total. The molecule has 0 saturated carbocycles. The summed E-state index contributed by atoms with van der Waals surface area (Å²) in [5.74, 6) is -16.8. The number of aliphatic carboxylic acids is 6. The van der Waals surface area contributed by atoms with Crippen LogP contribution in [-0.4, -0.2) is 132 Å². The molecule has 42 heavy (non-hydrogen) atoms. The number of carbonyl (C=O) groups is 8. The first-order valence-corrected chi connectivity index (χ1v) is 13.4. The lowest BCUT2D eigenvalue weighted by atomic mass is 10.2. The fourth-order valence-corrected chi connectivity index (χ4v) is 2.29. The van der Waals surface area contributed by atoms with E-state index in [0.29, 0.717) is 0 Å². The van der Waals surface area contributed by atoms with Crippen molar-refractivity contribution in [1.29, 1.82) is 0 Å². The summed E-state index contributed by atoms with van der Waals surface area (Å²) in [7, 11) is -9.86. The van der Waals surface area contributed by atoms with Gasteiger partial charge in [-0.3, -0.25) is 37.9 Å². The Morgan fingerprint density at radius 3 is 1.19 bits per heavy atom. The van der Waals surface area contributed by atoms with Gasteiger partial charge in [0.25, 0.3) is 5.78 Å². The third-order valence-corrected chi connectivity index (χ3v) is 5.39. The van der Waals surface area contributed by atoms with Crippen LogP contribution in [0.4, 0.5) is 0 Å². The molecule has 0 rings (SSSR count). The van der Waals surface area contributed by atoms with Crippen molar-refractivity contribution in [3.05, 3.63) is 0 Å². The van der Waals surface area contributed by atoms with Crippen molar-refractivity contribution in [3.8, 4) is 0 Å². The highest BCUT2D eigenvalue weighted by Gasteiger charge is 2.37. The van der Waals surface area contributed by atoms with Gasteiger partial charge in [-0.15, -0.1) is 0 Å². The van der Waals surface area contributed by atoms with Crippen LogP contribution in [0, 0.1) is 0 Å². The Bertz CT molecular complexity index is 1080. The Hall–Kier alpha value is -3.70. The molecule has 0 aromatic rings. The van der Waals surface area contributed by atoms with Crippen LogP contribution in [0.2, 0.25) is 0 Å². The molecule has 244 valence electrons. The molecule has 0 amide bonds. The van der Waals surface area contributed by atoms with Gasteiger partial charge in [0, 0.05) is 12.8 Å². The number of hydrogen-bond acceptors (Lipinski definition) is 14. The number of carboxylic acid groups (broad SMARTS) is 6. The minimum absolute atomic E-state index is 0.0231. The van der Waals surface area contributed by atoms with E-state index >= 15 is 0 Å². The lowest BCUT2D eigenvalue weighted by Gasteiger charge is -2.15. The predicted octanol–water partition coefficient (Wildman–Crippen LogP) is -5.20. The van der Waals surface area contributed by atoms with Gasteiger partial charge in [-0.1, -0.05) is 0 Å². The van der Waals surface area contributed by atoms with E-state index in [9.17, 15) is 47.5 Å². The number of hydrogen-bond donors (Lipinski definition) is 14. The van der Waals surface area contributed by atoms with Crippen LogP contribution in [-0.2, 0) is 47.5 Å². The summed E-state index contributed by atoms with van der Waals surface area (Å²) < 4.78 is 20.2. The largest absolute Gasteiger partial charge is 0.481 e. The highest BCUT2D eigenvalue weighted by atomic mass is 31.2. The van der Waals surface area contributed by atoms with Crippen LogP contribution in [0.5, 0.6) is 0 Å². The Kier molecular flexibility index (Phi) is 22.7. The molecule has 4 atom stereocenters. The van der Waals surface area contributed by atoms with Crippen LogP contribution >= 0.6 is 15.2 Å². The number of aliphatic hydroxyl groups is 2. The first-order chi connectivity index (χ1) is 18.6. The number of carbonyl (C=O) groups excluding carboxylic acids is 2. The Labute approximate surface area is 232 Å². The van der Waals surface area contributed by atoms with Gasteiger partial charge in [-0.25, -0.2) is 9.59 Å². The van der Waals surface area contributed by atoms with Gasteiger partial charge in [0.1, 0.15) is 12.1 Å². The van der Waals surface area contributed by atoms with E-state index in [0.717, 1.165) is 0 Å². The average Bonchev–Trinajstić information content (AvgIpc) is 2.83. The van der Waals surface area contributed by atoms with Crippen molar-refractivity contribution in [2.45, 2.75) is 49.5 Å². The molecule has 0 spiro atoms. The van der Waals surface area contributed by atoms with Crippen LogP contribution in [0.15, 0.2) is 0 Å². The molecule has 0 heterocycles. The first-order valence-electron chi connectivity index (χ1n) is 10.0. The number of rotatable bonds is 14. The summed E-state index contributed by atoms with van der Waals surface area (Å²) in [6.45, 7) is 0. The zero-order chi connectivity index (χ0) is 34.8. The quantitative estimate of drug-likeness (QED) is 0.0610. The van der Waals surface area contributed by atoms with E-state index in [4.69, 9.17) is 71.9 Å². The summed E-state index contributed by atoms with van der Waals surface area (Å²) in [6.07, 6.45) is -1.09. The summed E-state index contributed by atoms with van der Waals surface area (Å²) in [5.41, 5.74) is 9.71. The normalized spacial score (nSPS) is 13.3. The van der Waals surface area contributed by atoms with Crippen LogP contribution in [0.1, 0.15) is 25.7 Å². The van der Waals surface area contributed by atoms with E-state index < -0.39 is 99.2 Å². The second-order valence-electron chi connectivity index (χ2n) is 7.00. The van der Waals surface area contributed by atoms with Gasteiger partial charge in [0.2, 0.25) is 11.6 Å². The molecule has 2 unspecified atom stereocenters. The molecule has 0 radical (unpaired) electrons. The molecule has 26 heteroatoms. The van der Waals surface area contributed by atoms with E-state index in [1.54, 1.807) is 0 Å². The van der Waals surface area contributed by atoms with Crippen molar-refractivity contribution in [3.63, 3.8) is 0 Å². The molecule has 0 aromatic carbocycles. The van der Waals surface area contributed by atoms with Crippen LogP contribution < -0.4 is 11.5 Å². The fraction of sp³-hybridized carbons (Fsp3) is 0.500.